The molecule has 0 bridgehead atoms. The van der Waals surface area contributed by atoms with Crippen molar-refractivity contribution >= 4 is 44.0 Å². The fourth-order valence-electron chi connectivity index (χ4n) is 2.11. The SMILES string of the molecule is CCOc1cc(/C=N/NC(=O)Cn2nc(C)c(Br)c2C)cc(Br)c1O. The van der Waals surface area contributed by atoms with E-state index in [0.29, 0.717) is 22.4 Å². The highest BCUT2D eigenvalue weighted by Gasteiger charge is 2.11. The molecule has 0 saturated carbocycles. The van der Waals surface area contributed by atoms with Gasteiger partial charge in [-0.1, -0.05) is 0 Å². The van der Waals surface area contributed by atoms with Crippen molar-refractivity contribution in [1.29, 1.82) is 0 Å². The van der Waals surface area contributed by atoms with Crippen LogP contribution in [0.15, 0.2) is 26.2 Å². The second-order valence-electron chi connectivity index (χ2n) is 5.22. The van der Waals surface area contributed by atoms with Gasteiger partial charge in [-0.2, -0.15) is 10.2 Å². The summed E-state index contributed by atoms with van der Waals surface area (Å²) in [4.78, 5) is 12.0. The van der Waals surface area contributed by atoms with Crippen molar-refractivity contribution in [3.05, 3.63) is 38.0 Å². The van der Waals surface area contributed by atoms with Gasteiger partial charge in [-0.15, -0.1) is 0 Å². The Morgan fingerprint density at radius 2 is 2.16 bits per heavy atom. The molecule has 0 radical (unpaired) electrons. The predicted molar refractivity (Wildman–Crippen MR) is 102 cm³/mol. The van der Waals surface area contributed by atoms with E-state index in [0.717, 1.165) is 15.9 Å². The Hall–Kier alpha value is -1.87. The summed E-state index contributed by atoms with van der Waals surface area (Å²) in [6.07, 6.45) is 1.47. The van der Waals surface area contributed by atoms with Crippen LogP contribution in [0.5, 0.6) is 11.5 Å². The van der Waals surface area contributed by atoms with Crippen LogP contribution in [0.2, 0.25) is 0 Å². The molecule has 7 nitrogen and oxygen atoms in total. The summed E-state index contributed by atoms with van der Waals surface area (Å²) in [5.41, 5.74) is 4.83. The van der Waals surface area contributed by atoms with Crippen molar-refractivity contribution in [2.75, 3.05) is 6.61 Å². The predicted octanol–water partition coefficient (Wildman–Crippen LogP) is 3.28. The number of rotatable bonds is 6. The Morgan fingerprint density at radius 3 is 2.76 bits per heavy atom. The van der Waals surface area contributed by atoms with Crippen molar-refractivity contribution < 1.29 is 14.6 Å². The molecule has 0 aliphatic carbocycles. The number of phenols is 1. The van der Waals surface area contributed by atoms with E-state index < -0.39 is 0 Å². The number of nitrogens with one attached hydrogen (secondary N) is 1. The molecule has 2 aromatic rings. The number of aromatic hydroxyl groups is 1. The molecular formula is C16H18Br2N4O3. The van der Waals surface area contributed by atoms with E-state index in [1.165, 1.54) is 6.21 Å². The van der Waals surface area contributed by atoms with Crippen molar-refractivity contribution in [2.24, 2.45) is 5.10 Å². The van der Waals surface area contributed by atoms with Crippen LogP contribution in [-0.4, -0.2) is 33.6 Å². The Bertz CT molecular complexity index is 818. The van der Waals surface area contributed by atoms with Gasteiger partial charge < -0.3 is 9.84 Å². The molecule has 1 aromatic carbocycles. The third-order valence-corrected chi connectivity index (χ3v) is 5.09. The zero-order chi connectivity index (χ0) is 18.6. The summed E-state index contributed by atoms with van der Waals surface area (Å²) in [6, 6.07) is 3.31. The summed E-state index contributed by atoms with van der Waals surface area (Å²) in [7, 11) is 0. The number of hydrazone groups is 1. The Labute approximate surface area is 162 Å². The molecule has 1 amide bonds. The third kappa shape index (κ3) is 4.82. The number of aryl methyl sites for hydroxylation is 1. The van der Waals surface area contributed by atoms with Crippen molar-refractivity contribution in [3.8, 4) is 11.5 Å². The summed E-state index contributed by atoms with van der Waals surface area (Å²) >= 11 is 6.68. The lowest BCUT2D eigenvalue weighted by atomic mass is 10.2. The first-order valence-electron chi connectivity index (χ1n) is 7.50. The largest absolute Gasteiger partial charge is 0.503 e. The van der Waals surface area contributed by atoms with Gasteiger partial charge in [-0.3, -0.25) is 9.48 Å². The molecule has 1 aromatic heterocycles. The molecule has 0 unspecified atom stereocenters. The van der Waals surface area contributed by atoms with E-state index in [2.05, 4.69) is 47.5 Å². The second kappa shape index (κ2) is 8.48. The smallest absolute Gasteiger partial charge is 0.261 e. The number of halogens is 2. The van der Waals surface area contributed by atoms with Crippen molar-refractivity contribution in [3.63, 3.8) is 0 Å². The molecule has 0 fully saturated rings. The Morgan fingerprint density at radius 1 is 1.44 bits per heavy atom. The van der Waals surface area contributed by atoms with Crippen LogP contribution in [0.25, 0.3) is 0 Å². The van der Waals surface area contributed by atoms with Crippen LogP contribution in [0.4, 0.5) is 0 Å². The number of hydrogen-bond acceptors (Lipinski definition) is 5. The molecule has 9 heteroatoms. The quantitative estimate of drug-likeness (QED) is 0.497. The van der Waals surface area contributed by atoms with Crippen LogP contribution >= 0.6 is 31.9 Å². The minimum Gasteiger partial charge on any atom is -0.503 e. The third-order valence-electron chi connectivity index (χ3n) is 3.34. The molecule has 2 rings (SSSR count). The van der Waals surface area contributed by atoms with Crippen molar-refractivity contribution in [2.45, 2.75) is 27.3 Å². The fraction of sp³-hybridized carbons (Fsp3) is 0.312. The van der Waals surface area contributed by atoms with E-state index in [9.17, 15) is 9.90 Å². The molecule has 25 heavy (non-hydrogen) atoms. The lowest BCUT2D eigenvalue weighted by Crippen LogP contribution is -2.24. The number of nitrogens with zero attached hydrogens (tertiary/aromatic N) is 3. The van der Waals surface area contributed by atoms with E-state index in [4.69, 9.17) is 4.74 Å². The van der Waals surface area contributed by atoms with E-state index >= 15 is 0 Å². The van der Waals surface area contributed by atoms with E-state index in [1.807, 2.05) is 20.8 Å². The lowest BCUT2D eigenvalue weighted by molar-refractivity contribution is -0.121. The van der Waals surface area contributed by atoms with Crippen LogP contribution in [-0.2, 0) is 11.3 Å². The number of amides is 1. The number of carbonyl (C=O) groups is 1. The number of ether oxygens (including phenoxy) is 1. The number of benzene rings is 1. The highest BCUT2D eigenvalue weighted by molar-refractivity contribution is 9.10. The topological polar surface area (TPSA) is 88.7 Å². The van der Waals surface area contributed by atoms with Crippen molar-refractivity contribution in [1.82, 2.24) is 15.2 Å². The molecule has 0 aliphatic heterocycles. The summed E-state index contributed by atoms with van der Waals surface area (Å²) < 4.78 is 8.33. The highest BCUT2D eigenvalue weighted by atomic mass is 79.9. The van der Waals surface area contributed by atoms with E-state index in [1.54, 1.807) is 16.8 Å². The van der Waals surface area contributed by atoms with Crippen LogP contribution in [0.3, 0.4) is 0 Å². The van der Waals surface area contributed by atoms with Gasteiger partial charge >= 0.3 is 0 Å². The average Bonchev–Trinajstić information content (AvgIpc) is 2.79. The van der Waals surface area contributed by atoms with Crippen LogP contribution in [0.1, 0.15) is 23.9 Å². The maximum absolute atomic E-state index is 12.0. The minimum atomic E-state index is -0.294. The monoisotopic (exact) mass is 472 g/mol. The van der Waals surface area contributed by atoms with Gasteiger partial charge in [-0.25, -0.2) is 5.43 Å². The average molecular weight is 474 g/mol. The normalized spacial score (nSPS) is 11.1. The molecule has 0 spiro atoms. The number of hydrogen-bond donors (Lipinski definition) is 2. The standard InChI is InChI=1S/C16H18Br2N4O3/c1-4-25-13-6-11(5-12(17)16(13)24)7-19-20-14(23)8-22-10(3)15(18)9(2)21-22/h5-7,24H,4,8H2,1-3H3,(H,20,23)/b19-7+. The Kier molecular flexibility index (Phi) is 6.60. The lowest BCUT2D eigenvalue weighted by Gasteiger charge is -2.08. The highest BCUT2D eigenvalue weighted by Crippen LogP contribution is 2.35. The van der Waals surface area contributed by atoms with Gasteiger partial charge in [0, 0.05) is 0 Å². The molecule has 1 heterocycles. The maximum Gasteiger partial charge on any atom is 0.261 e. The van der Waals surface area contributed by atoms with E-state index in [-0.39, 0.29) is 18.2 Å². The van der Waals surface area contributed by atoms with Crippen LogP contribution < -0.4 is 10.2 Å². The second-order valence-corrected chi connectivity index (χ2v) is 6.87. The number of carbonyl (C=O) groups excluding carboxylic acids is 1. The molecule has 134 valence electrons. The molecule has 0 aliphatic rings. The van der Waals surface area contributed by atoms with Gasteiger partial charge in [0.2, 0.25) is 0 Å². The van der Waals surface area contributed by atoms with Crippen LogP contribution in [0, 0.1) is 13.8 Å². The minimum absolute atomic E-state index is 0.0261. The summed E-state index contributed by atoms with van der Waals surface area (Å²) in [5, 5.41) is 18.1. The zero-order valence-corrected chi connectivity index (χ0v) is 17.2. The first-order chi connectivity index (χ1) is 11.8. The van der Waals surface area contributed by atoms with Gasteiger partial charge in [0.1, 0.15) is 6.54 Å². The van der Waals surface area contributed by atoms with Gasteiger partial charge in [0.25, 0.3) is 5.91 Å². The summed E-state index contributed by atoms with van der Waals surface area (Å²) in [6.45, 7) is 6.06. The number of aromatic nitrogens is 2. The van der Waals surface area contributed by atoms with Gasteiger partial charge in [0.15, 0.2) is 11.5 Å². The molecule has 0 atom stereocenters. The van der Waals surface area contributed by atoms with Gasteiger partial charge in [-0.05, 0) is 70.3 Å². The molecule has 2 N–H and O–H groups in total. The zero-order valence-electron chi connectivity index (χ0n) is 14.0. The first kappa shape index (κ1) is 19.5. The maximum atomic E-state index is 12.0. The molecular weight excluding hydrogens is 456 g/mol. The summed E-state index contributed by atoms with van der Waals surface area (Å²) in [5.74, 6) is 0.0764. The van der Waals surface area contributed by atoms with Gasteiger partial charge in [0.05, 0.1) is 33.2 Å². The first-order valence-corrected chi connectivity index (χ1v) is 9.08. The Balaban J connectivity index is 2.03. The fourth-order valence-corrected chi connectivity index (χ4v) is 2.86. The number of phenolic OH excluding ortho intramolecular Hbond substituents is 1. The molecule has 0 saturated heterocycles.